The summed E-state index contributed by atoms with van der Waals surface area (Å²) in [5.41, 5.74) is 6.77. The third-order valence-electron chi connectivity index (χ3n) is 2.78. The van der Waals surface area contributed by atoms with Crippen LogP contribution in [0.1, 0.15) is 10.4 Å². The molecule has 0 saturated heterocycles. The van der Waals surface area contributed by atoms with Gasteiger partial charge in [0.05, 0.1) is 12.8 Å². The van der Waals surface area contributed by atoms with E-state index in [2.05, 4.69) is 4.98 Å². The number of pyridine rings is 1. The largest absolute Gasteiger partial charge is 0.495 e. The van der Waals surface area contributed by atoms with Gasteiger partial charge in [-0.3, -0.25) is 4.79 Å². The van der Waals surface area contributed by atoms with Crippen LogP contribution in [-0.2, 0) is 0 Å². The van der Waals surface area contributed by atoms with E-state index in [1.165, 1.54) is 11.1 Å². The third-order valence-corrected chi connectivity index (χ3v) is 2.78. The lowest BCUT2D eigenvalue weighted by atomic mass is 10.2. The number of rotatable bonds is 3. The third kappa shape index (κ3) is 2.65. The molecule has 0 unspecified atom stereocenters. The van der Waals surface area contributed by atoms with E-state index in [1.807, 2.05) is 18.2 Å². The number of hydrogen-bond acceptors (Lipinski definition) is 4. The van der Waals surface area contributed by atoms with E-state index in [0.29, 0.717) is 22.8 Å². The normalized spacial score (nSPS) is 10.0. The fourth-order valence-electron chi connectivity index (χ4n) is 1.79. The first-order chi connectivity index (χ1) is 9.13. The molecule has 0 spiro atoms. The van der Waals surface area contributed by atoms with Crippen molar-refractivity contribution >= 4 is 17.4 Å². The first kappa shape index (κ1) is 12.9. The van der Waals surface area contributed by atoms with Gasteiger partial charge in [-0.05, 0) is 24.3 Å². The van der Waals surface area contributed by atoms with Gasteiger partial charge in [-0.2, -0.15) is 0 Å². The van der Waals surface area contributed by atoms with Gasteiger partial charge in [0.2, 0.25) is 0 Å². The average Bonchev–Trinajstić information content (AvgIpc) is 2.45. The Hall–Kier alpha value is -2.56. The van der Waals surface area contributed by atoms with E-state index >= 15 is 0 Å². The zero-order valence-electron chi connectivity index (χ0n) is 10.8. The number of amides is 1. The number of ether oxygens (including phenoxy) is 1. The minimum Gasteiger partial charge on any atom is -0.495 e. The highest BCUT2D eigenvalue weighted by Crippen LogP contribution is 2.27. The molecule has 2 N–H and O–H groups in total. The highest BCUT2D eigenvalue weighted by molar-refractivity contribution is 6.06. The molecular formula is C14H15N3O2. The number of nitrogen functional groups attached to an aromatic ring is 1. The topological polar surface area (TPSA) is 68.5 Å². The van der Waals surface area contributed by atoms with Crippen molar-refractivity contribution in [3.05, 3.63) is 48.2 Å². The van der Waals surface area contributed by atoms with Crippen molar-refractivity contribution in [2.24, 2.45) is 0 Å². The quantitative estimate of drug-likeness (QED) is 0.912. The van der Waals surface area contributed by atoms with Crippen LogP contribution in [0, 0.1) is 0 Å². The van der Waals surface area contributed by atoms with Gasteiger partial charge >= 0.3 is 0 Å². The summed E-state index contributed by atoms with van der Waals surface area (Å²) in [7, 11) is 3.26. The number of carbonyl (C=O) groups excluding carboxylic acids is 1. The summed E-state index contributed by atoms with van der Waals surface area (Å²) in [5.74, 6) is 0.790. The molecule has 0 bridgehead atoms. The Labute approximate surface area is 111 Å². The minimum atomic E-state index is -0.168. The molecule has 19 heavy (non-hydrogen) atoms. The predicted octanol–water partition coefficient (Wildman–Crippen LogP) is 1.95. The lowest BCUT2D eigenvalue weighted by molar-refractivity contribution is 0.0992. The Morgan fingerprint density at radius 2 is 2.05 bits per heavy atom. The zero-order chi connectivity index (χ0) is 13.8. The van der Waals surface area contributed by atoms with E-state index in [0.717, 1.165) is 0 Å². The first-order valence-corrected chi connectivity index (χ1v) is 5.76. The van der Waals surface area contributed by atoms with Crippen LogP contribution in [0.15, 0.2) is 42.6 Å². The highest BCUT2D eigenvalue weighted by Gasteiger charge is 2.16. The molecule has 1 heterocycles. The molecule has 1 amide bonds. The molecule has 0 atom stereocenters. The summed E-state index contributed by atoms with van der Waals surface area (Å²) >= 11 is 0. The summed E-state index contributed by atoms with van der Waals surface area (Å²) in [6.07, 6.45) is 1.51. The van der Waals surface area contributed by atoms with Gasteiger partial charge in [-0.1, -0.05) is 12.1 Å². The number of benzene rings is 1. The second-order valence-electron chi connectivity index (χ2n) is 4.01. The molecule has 1 aromatic carbocycles. The standard InChI is InChI=1S/C14H15N3O2/c1-17(11-5-3-4-6-12(11)19-2)14(18)10-7-8-16-13(15)9-10/h3-9H,1-2H3,(H2,15,16). The van der Waals surface area contributed by atoms with E-state index in [1.54, 1.807) is 32.4 Å². The molecule has 2 rings (SSSR count). The molecule has 98 valence electrons. The van der Waals surface area contributed by atoms with Gasteiger partial charge in [-0.25, -0.2) is 4.98 Å². The van der Waals surface area contributed by atoms with Crippen LogP contribution < -0.4 is 15.4 Å². The van der Waals surface area contributed by atoms with Gasteiger partial charge in [0, 0.05) is 18.8 Å². The summed E-state index contributed by atoms with van der Waals surface area (Å²) < 4.78 is 5.25. The first-order valence-electron chi connectivity index (χ1n) is 5.76. The number of hydrogen-bond donors (Lipinski definition) is 1. The van der Waals surface area contributed by atoms with Gasteiger partial charge in [-0.15, -0.1) is 0 Å². The smallest absolute Gasteiger partial charge is 0.258 e. The molecule has 0 fully saturated rings. The average molecular weight is 257 g/mol. The Balaban J connectivity index is 2.33. The van der Waals surface area contributed by atoms with E-state index in [-0.39, 0.29) is 5.91 Å². The molecule has 0 aliphatic rings. The van der Waals surface area contributed by atoms with Gasteiger partial charge < -0.3 is 15.4 Å². The monoisotopic (exact) mass is 257 g/mol. The van der Waals surface area contributed by atoms with Crippen molar-refractivity contribution in [3.8, 4) is 5.75 Å². The van der Waals surface area contributed by atoms with Crippen molar-refractivity contribution in [2.45, 2.75) is 0 Å². The zero-order valence-corrected chi connectivity index (χ0v) is 10.8. The number of para-hydroxylation sites is 2. The second-order valence-corrected chi connectivity index (χ2v) is 4.01. The molecule has 0 saturated carbocycles. The van der Waals surface area contributed by atoms with Crippen molar-refractivity contribution in [1.82, 2.24) is 4.98 Å². The van der Waals surface area contributed by atoms with Crippen LogP contribution in [-0.4, -0.2) is 25.0 Å². The molecule has 0 aliphatic carbocycles. The van der Waals surface area contributed by atoms with E-state index in [9.17, 15) is 4.79 Å². The number of methoxy groups -OCH3 is 1. The van der Waals surface area contributed by atoms with E-state index in [4.69, 9.17) is 10.5 Å². The van der Waals surface area contributed by atoms with Crippen LogP contribution in [0.5, 0.6) is 5.75 Å². The van der Waals surface area contributed by atoms with Crippen LogP contribution in [0.4, 0.5) is 11.5 Å². The van der Waals surface area contributed by atoms with Crippen molar-refractivity contribution in [3.63, 3.8) is 0 Å². The molecule has 5 nitrogen and oxygen atoms in total. The maximum atomic E-state index is 12.4. The minimum absolute atomic E-state index is 0.168. The maximum absolute atomic E-state index is 12.4. The van der Waals surface area contributed by atoms with Crippen molar-refractivity contribution < 1.29 is 9.53 Å². The number of nitrogens with two attached hydrogens (primary N) is 1. The van der Waals surface area contributed by atoms with E-state index < -0.39 is 0 Å². The number of nitrogens with zero attached hydrogens (tertiary/aromatic N) is 2. The summed E-state index contributed by atoms with van der Waals surface area (Å²) in [5, 5.41) is 0. The maximum Gasteiger partial charge on any atom is 0.258 e. The number of anilines is 2. The number of aromatic nitrogens is 1. The fourth-order valence-corrected chi connectivity index (χ4v) is 1.79. The molecular weight excluding hydrogens is 242 g/mol. The molecule has 0 aliphatic heterocycles. The summed E-state index contributed by atoms with van der Waals surface area (Å²) in [6, 6.07) is 10.5. The lowest BCUT2D eigenvalue weighted by Gasteiger charge is -2.19. The number of carbonyl (C=O) groups is 1. The summed E-state index contributed by atoms with van der Waals surface area (Å²) in [6.45, 7) is 0. The Morgan fingerprint density at radius 1 is 1.32 bits per heavy atom. The van der Waals surface area contributed by atoms with Gasteiger partial charge in [0.25, 0.3) is 5.91 Å². The van der Waals surface area contributed by atoms with Crippen LogP contribution in [0.2, 0.25) is 0 Å². The van der Waals surface area contributed by atoms with Crippen LogP contribution in [0.3, 0.4) is 0 Å². The Kier molecular flexibility index (Phi) is 3.66. The van der Waals surface area contributed by atoms with Gasteiger partial charge in [0.1, 0.15) is 11.6 Å². The predicted molar refractivity (Wildman–Crippen MR) is 74.4 cm³/mol. The fraction of sp³-hybridized carbons (Fsp3) is 0.143. The highest BCUT2D eigenvalue weighted by atomic mass is 16.5. The molecule has 2 aromatic rings. The Morgan fingerprint density at radius 3 is 2.74 bits per heavy atom. The molecule has 1 aromatic heterocycles. The molecule has 5 heteroatoms. The molecule has 0 radical (unpaired) electrons. The summed E-state index contributed by atoms with van der Waals surface area (Å²) in [4.78, 5) is 17.7. The van der Waals surface area contributed by atoms with Crippen LogP contribution in [0.25, 0.3) is 0 Å². The lowest BCUT2D eigenvalue weighted by Crippen LogP contribution is -2.26. The van der Waals surface area contributed by atoms with Crippen molar-refractivity contribution in [2.75, 3.05) is 24.8 Å². The van der Waals surface area contributed by atoms with Gasteiger partial charge in [0.15, 0.2) is 0 Å². The Bertz CT molecular complexity index is 599. The van der Waals surface area contributed by atoms with Crippen LogP contribution >= 0.6 is 0 Å². The van der Waals surface area contributed by atoms with Crippen molar-refractivity contribution in [1.29, 1.82) is 0 Å². The second kappa shape index (κ2) is 5.39. The SMILES string of the molecule is COc1ccccc1N(C)C(=O)c1ccnc(N)c1.